The molecule has 0 aromatic heterocycles. The highest BCUT2D eigenvalue weighted by Crippen LogP contribution is 2.06. The zero-order chi connectivity index (χ0) is 15.8. The van der Waals surface area contributed by atoms with E-state index in [2.05, 4.69) is 10.6 Å². The van der Waals surface area contributed by atoms with Crippen molar-refractivity contribution >= 4 is 17.9 Å². The molecule has 3 amide bonds. The van der Waals surface area contributed by atoms with E-state index in [1.807, 2.05) is 31.2 Å². The van der Waals surface area contributed by atoms with Gasteiger partial charge in [-0.3, -0.25) is 4.79 Å². The second-order valence-electron chi connectivity index (χ2n) is 4.64. The Morgan fingerprint density at radius 3 is 2.52 bits per heavy atom. The van der Waals surface area contributed by atoms with E-state index in [0.717, 1.165) is 11.1 Å². The number of aryl methyl sites for hydroxylation is 1. The normalized spacial score (nSPS) is 11.5. The molecule has 0 saturated heterocycles. The van der Waals surface area contributed by atoms with Crippen LogP contribution in [0.5, 0.6) is 0 Å². The van der Waals surface area contributed by atoms with Crippen molar-refractivity contribution in [1.29, 1.82) is 0 Å². The lowest BCUT2D eigenvalue weighted by Gasteiger charge is -2.14. The third kappa shape index (κ3) is 5.94. The molecule has 0 unspecified atom stereocenters. The molecule has 1 aromatic rings. The Kier molecular flexibility index (Phi) is 6.19. The Morgan fingerprint density at radius 1 is 1.29 bits per heavy atom. The number of hydrogen-bond acceptors (Lipinski definition) is 3. The van der Waals surface area contributed by atoms with E-state index in [9.17, 15) is 14.4 Å². The number of carbonyl (C=O) groups excluding carboxylic acids is 2. The number of primary amides is 1. The molecule has 1 atom stereocenters. The van der Waals surface area contributed by atoms with Crippen molar-refractivity contribution in [2.45, 2.75) is 25.8 Å². The number of carboxylic acid groups (broad SMARTS) is 1. The van der Waals surface area contributed by atoms with Gasteiger partial charge in [0.2, 0.25) is 5.91 Å². The number of rotatable bonds is 7. The zero-order valence-corrected chi connectivity index (χ0v) is 11.8. The quantitative estimate of drug-likeness (QED) is 0.572. The second-order valence-corrected chi connectivity index (χ2v) is 4.64. The van der Waals surface area contributed by atoms with Crippen molar-refractivity contribution in [2.75, 3.05) is 6.54 Å². The fourth-order valence-electron chi connectivity index (χ4n) is 1.81. The number of benzene rings is 1. The predicted octanol–water partition coefficient (Wildman–Crippen LogP) is 0.165. The molecule has 0 fully saturated rings. The number of nitrogens with two attached hydrogens (primary N) is 1. The molecule has 1 aromatic carbocycles. The summed E-state index contributed by atoms with van der Waals surface area (Å²) in [5.41, 5.74) is 7.15. The van der Waals surface area contributed by atoms with Crippen LogP contribution in [0.1, 0.15) is 17.5 Å². The average molecular weight is 293 g/mol. The Morgan fingerprint density at radius 2 is 1.95 bits per heavy atom. The van der Waals surface area contributed by atoms with Crippen LogP contribution in [0, 0.1) is 6.92 Å². The SMILES string of the molecule is Cc1ccccc1CCNC(=O)N[C@@H](CC(N)=O)C(=O)O. The van der Waals surface area contributed by atoms with Gasteiger partial charge in [0.25, 0.3) is 0 Å². The molecule has 5 N–H and O–H groups in total. The minimum atomic E-state index is -1.32. The minimum Gasteiger partial charge on any atom is -0.480 e. The first-order valence-electron chi connectivity index (χ1n) is 6.50. The van der Waals surface area contributed by atoms with Crippen LogP contribution in [-0.2, 0) is 16.0 Å². The maximum atomic E-state index is 11.6. The first kappa shape index (κ1) is 16.5. The van der Waals surface area contributed by atoms with Gasteiger partial charge in [-0.15, -0.1) is 0 Å². The highest BCUT2D eigenvalue weighted by molar-refractivity contribution is 5.87. The molecular weight excluding hydrogens is 274 g/mol. The number of hydrogen-bond donors (Lipinski definition) is 4. The molecule has 1 rings (SSSR count). The van der Waals surface area contributed by atoms with E-state index < -0.39 is 30.4 Å². The number of nitrogens with one attached hydrogen (secondary N) is 2. The summed E-state index contributed by atoms with van der Waals surface area (Å²) in [5.74, 6) is -2.09. The summed E-state index contributed by atoms with van der Waals surface area (Å²) < 4.78 is 0. The molecular formula is C14H19N3O4. The molecule has 21 heavy (non-hydrogen) atoms. The van der Waals surface area contributed by atoms with Crippen molar-refractivity contribution in [3.05, 3.63) is 35.4 Å². The number of amides is 3. The van der Waals surface area contributed by atoms with Gasteiger partial charge in [-0.25, -0.2) is 9.59 Å². The monoisotopic (exact) mass is 293 g/mol. The van der Waals surface area contributed by atoms with E-state index in [1.54, 1.807) is 0 Å². The molecule has 0 aliphatic carbocycles. The van der Waals surface area contributed by atoms with Crippen molar-refractivity contribution in [3.8, 4) is 0 Å². The highest BCUT2D eigenvalue weighted by atomic mass is 16.4. The van der Waals surface area contributed by atoms with Gasteiger partial charge in [0.05, 0.1) is 6.42 Å². The lowest BCUT2D eigenvalue weighted by atomic mass is 10.1. The first-order valence-corrected chi connectivity index (χ1v) is 6.50. The van der Waals surface area contributed by atoms with Crippen LogP contribution in [0.25, 0.3) is 0 Å². The number of carbonyl (C=O) groups is 3. The summed E-state index contributed by atoms with van der Waals surface area (Å²) >= 11 is 0. The van der Waals surface area contributed by atoms with E-state index in [1.165, 1.54) is 0 Å². The summed E-state index contributed by atoms with van der Waals surface area (Å²) in [7, 11) is 0. The van der Waals surface area contributed by atoms with E-state index in [0.29, 0.717) is 13.0 Å². The van der Waals surface area contributed by atoms with Crippen LogP contribution in [0.4, 0.5) is 4.79 Å². The molecule has 7 heteroatoms. The molecule has 114 valence electrons. The molecule has 0 aliphatic rings. The maximum absolute atomic E-state index is 11.6. The minimum absolute atomic E-state index is 0.361. The van der Waals surface area contributed by atoms with Crippen LogP contribution in [-0.4, -0.2) is 35.6 Å². The van der Waals surface area contributed by atoms with Gasteiger partial charge in [-0.2, -0.15) is 0 Å². The van der Waals surface area contributed by atoms with Crippen LogP contribution in [0.2, 0.25) is 0 Å². The summed E-state index contributed by atoms with van der Waals surface area (Å²) in [4.78, 5) is 33.2. The fourth-order valence-corrected chi connectivity index (χ4v) is 1.81. The second kappa shape index (κ2) is 7.88. The number of carboxylic acids is 1. The summed E-state index contributed by atoms with van der Waals surface area (Å²) in [6, 6.07) is 5.82. The maximum Gasteiger partial charge on any atom is 0.326 e. The zero-order valence-electron chi connectivity index (χ0n) is 11.8. The van der Waals surface area contributed by atoms with Crippen LogP contribution >= 0.6 is 0 Å². The van der Waals surface area contributed by atoms with Crippen molar-refractivity contribution in [1.82, 2.24) is 10.6 Å². The topological polar surface area (TPSA) is 122 Å². The molecule has 0 radical (unpaired) electrons. The Bertz CT molecular complexity index is 531. The third-order valence-electron chi connectivity index (χ3n) is 2.95. The average Bonchev–Trinajstić information content (AvgIpc) is 2.39. The number of urea groups is 1. The Balaban J connectivity index is 2.41. The van der Waals surface area contributed by atoms with Gasteiger partial charge in [0.15, 0.2) is 0 Å². The van der Waals surface area contributed by atoms with Gasteiger partial charge < -0.3 is 21.5 Å². The number of aliphatic carboxylic acids is 1. The summed E-state index contributed by atoms with van der Waals surface area (Å²) in [6.07, 6.45) is 0.189. The smallest absolute Gasteiger partial charge is 0.326 e. The molecule has 7 nitrogen and oxygen atoms in total. The van der Waals surface area contributed by atoms with Crippen LogP contribution < -0.4 is 16.4 Å². The van der Waals surface area contributed by atoms with Crippen LogP contribution in [0.3, 0.4) is 0 Å². The van der Waals surface area contributed by atoms with E-state index in [-0.39, 0.29) is 0 Å². The Hall–Kier alpha value is -2.57. The fraction of sp³-hybridized carbons (Fsp3) is 0.357. The van der Waals surface area contributed by atoms with Gasteiger partial charge in [0, 0.05) is 6.54 Å². The summed E-state index contributed by atoms with van der Waals surface area (Å²) in [6.45, 7) is 2.34. The van der Waals surface area contributed by atoms with Crippen molar-refractivity contribution in [3.63, 3.8) is 0 Å². The largest absolute Gasteiger partial charge is 0.480 e. The van der Waals surface area contributed by atoms with Gasteiger partial charge in [-0.1, -0.05) is 24.3 Å². The first-order chi connectivity index (χ1) is 9.90. The predicted molar refractivity (Wildman–Crippen MR) is 76.7 cm³/mol. The highest BCUT2D eigenvalue weighted by Gasteiger charge is 2.21. The van der Waals surface area contributed by atoms with E-state index >= 15 is 0 Å². The molecule has 0 bridgehead atoms. The van der Waals surface area contributed by atoms with Crippen molar-refractivity contribution in [2.24, 2.45) is 5.73 Å². The Labute approximate surface area is 122 Å². The molecule has 0 spiro atoms. The van der Waals surface area contributed by atoms with Crippen LogP contribution in [0.15, 0.2) is 24.3 Å². The summed E-state index contributed by atoms with van der Waals surface area (Å²) in [5, 5.41) is 13.6. The molecule has 0 aliphatic heterocycles. The van der Waals surface area contributed by atoms with E-state index in [4.69, 9.17) is 10.8 Å². The lowest BCUT2D eigenvalue weighted by molar-refractivity contribution is -0.140. The van der Waals surface area contributed by atoms with Gasteiger partial charge in [-0.05, 0) is 24.5 Å². The van der Waals surface area contributed by atoms with Crippen molar-refractivity contribution < 1.29 is 19.5 Å². The molecule has 0 heterocycles. The lowest BCUT2D eigenvalue weighted by Crippen LogP contribution is -2.48. The third-order valence-corrected chi connectivity index (χ3v) is 2.95. The molecule has 0 saturated carbocycles. The van der Waals surface area contributed by atoms with Gasteiger partial charge in [0.1, 0.15) is 6.04 Å². The standard InChI is InChI=1S/C14H19N3O4/c1-9-4-2-3-5-10(9)6-7-16-14(21)17-11(13(19)20)8-12(15)18/h2-5,11H,6-8H2,1H3,(H2,15,18)(H,19,20)(H2,16,17,21)/t11-/m0/s1. The van der Waals surface area contributed by atoms with Gasteiger partial charge >= 0.3 is 12.0 Å².